The molecular formula is C11H22N2O2. The van der Waals surface area contributed by atoms with Gasteiger partial charge in [-0.05, 0) is 19.8 Å². The van der Waals surface area contributed by atoms with E-state index in [-0.39, 0.29) is 12.7 Å². The summed E-state index contributed by atoms with van der Waals surface area (Å²) in [7, 11) is 0. The Morgan fingerprint density at radius 2 is 2.27 bits per heavy atom. The third kappa shape index (κ3) is 7.11. The summed E-state index contributed by atoms with van der Waals surface area (Å²) in [5.41, 5.74) is 1.13. The van der Waals surface area contributed by atoms with Crippen LogP contribution in [0.1, 0.15) is 32.9 Å². The normalized spacial score (nSPS) is 11.7. The van der Waals surface area contributed by atoms with Crippen LogP contribution in [0.25, 0.3) is 0 Å². The molecule has 1 atom stereocenters. The van der Waals surface area contributed by atoms with E-state index in [1.807, 2.05) is 27.0 Å². The minimum Gasteiger partial charge on any atom is -0.394 e. The van der Waals surface area contributed by atoms with Gasteiger partial charge >= 0.3 is 0 Å². The number of nitrogens with one attached hydrogen (secondary N) is 1. The second kappa shape index (κ2) is 9.68. The number of aliphatic hydroxyl groups excluding tert-OH is 1. The van der Waals surface area contributed by atoms with Crippen LogP contribution in [0.4, 0.5) is 0 Å². The Bertz CT molecular complexity index is 212. The summed E-state index contributed by atoms with van der Waals surface area (Å²) in [5, 5.41) is 8.68. The van der Waals surface area contributed by atoms with Gasteiger partial charge < -0.3 is 14.8 Å². The van der Waals surface area contributed by atoms with E-state index in [0.29, 0.717) is 6.61 Å². The van der Waals surface area contributed by atoms with E-state index in [1.165, 1.54) is 0 Å². The van der Waals surface area contributed by atoms with E-state index in [2.05, 4.69) is 9.97 Å². The van der Waals surface area contributed by atoms with E-state index in [0.717, 1.165) is 18.5 Å². The molecule has 0 bridgehead atoms. The van der Waals surface area contributed by atoms with Crippen molar-refractivity contribution in [1.29, 1.82) is 0 Å². The van der Waals surface area contributed by atoms with Crippen LogP contribution in [-0.4, -0.2) is 34.4 Å². The maximum atomic E-state index is 8.68. The fraction of sp³-hybridized carbons (Fsp3) is 0.727. The Labute approximate surface area is 91.7 Å². The van der Waals surface area contributed by atoms with Crippen LogP contribution < -0.4 is 0 Å². The van der Waals surface area contributed by atoms with Crippen LogP contribution in [0.3, 0.4) is 0 Å². The standard InChI is InChI=1S/C9H16N2O2.C2H6/c1-8(6-12)13-4-2-3-9-5-10-7-11-9;1-2/h5,7-8,12H,2-4,6H2,1H3,(H,10,11);1-2H3. The average molecular weight is 214 g/mol. The molecule has 0 aromatic carbocycles. The zero-order valence-corrected chi connectivity index (χ0v) is 9.86. The lowest BCUT2D eigenvalue weighted by atomic mass is 10.2. The van der Waals surface area contributed by atoms with Gasteiger partial charge in [0.15, 0.2) is 0 Å². The maximum Gasteiger partial charge on any atom is 0.0921 e. The Balaban J connectivity index is 0.000000921. The minimum atomic E-state index is -0.0539. The minimum absolute atomic E-state index is 0.0539. The van der Waals surface area contributed by atoms with E-state index < -0.39 is 0 Å². The number of aromatic nitrogens is 2. The lowest BCUT2D eigenvalue weighted by Gasteiger charge is -2.08. The molecule has 0 amide bonds. The number of aromatic amines is 1. The fourth-order valence-electron chi connectivity index (χ4n) is 1.02. The van der Waals surface area contributed by atoms with Crippen molar-refractivity contribution in [3.8, 4) is 0 Å². The molecule has 0 spiro atoms. The van der Waals surface area contributed by atoms with Crippen LogP contribution in [0.15, 0.2) is 12.5 Å². The van der Waals surface area contributed by atoms with Gasteiger partial charge in [0.05, 0.1) is 19.0 Å². The van der Waals surface area contributed by atoms with Gasteiger partial charge in [0.25, 0.3) is 0 Å². The third-order valence-corrected chi connectivity index (χ3v) is 1.80. The van der Waals surface area contributed by atoms with Crippen molar-refractivity contribution < 1.29 is 9.84 Å². The maximum absolute atomic E-state index is 8.68. The predicted molar refractivity (Wildman–Crippen MR) is 60.8 cm³/mol. The largest absolute Gasteiger partial charge is 0.394 e. The first-order chi connectivity index (χ1) is 7.33. The van der Waals surface area contributed by atoms with Crippen LogP contribution in [-0.2, 0) is 11.2 Å². The number of hydrogen-bond donors (Lipinski definition) is 2. The van der Waals surface area contributed by atoms with Gasteiger partial charge in [-0.1, -0.05) is 13.8 Å². The molecular weight excluding hydrogens is 192 g/mol. The van der Waals surface area contributed by atoms with Crippen LogP contribution in [0.5, 0.6) is 0 Å². The molecule has 88 valence electrons. The lowest BCUT2D eigenvalue weighted by molar-refractivity contribution is 0.0239. The fourth-order valence-corrected chi connectivity index (χ4v) is 1.02. The summed E-state index contributed by atoms with van der Waals surface area (Å²) >= 11 is 0. The van der Waals surface area contributed by atoms with Crippen molar-refractivity contribution in [1.82, 2.24) is 9.97 Å². The highest BCUT2D eigenvalue weighted by molar-refractivity contribution is 4.93. The molecule has 1 rings (SSSR count). The average Bonchev–Trinajstić information content (AvgIpc) is 2.79. The van der Waals surface area contributed by atoms with Gasteiger partial charge in [0.1, 0.15) is 0 Å². The first kappa shape index (κ1) is 14.1. The summed E-state index contributed by atoms with van der Waals surface area (Å²) in [6, 6.07) is 0. The number of aliphatic hydroxyl groups is 1. The molecule has 0 saturated heterocycles. The van der Waals surface area contributed by atoms with E-state index in [4.69, 9.17) is 9.84 Å². The van der Waals surface area contributed by atoms with Crippen LogP contribution in [0.2, 0.25) is 0 Å². The molecule has 2 N–H and O–H groups in total. The second-order valence-corrected chi connectivity index (χ2v) is 3.04. The lowest BCUT2D eigenvalue weighted by Crippen LogP contribution is -2.13. The summed E-state index contributed by atoms with van der Waals surface area (Å²) in [6.07, 6.45) is 5.33. The van der Waals surface area contributed by atoms with Gasteiger partial charge in [-0.2, -0.15) is 0 Å². The topological polar surface area (TPSA) is 58.1 Å². The quantitative estimate of drug-likeness (QED) is 0.709. The molecule has 1 heterocycles. The number of rotatable bonds is 6. The SMILES string of the molecule is CC.CC(CO)OCCCc1cnc[nH]1. The van der Waals surface area contributed by atoms with Crippen molar-refractivity contribution in [2.24, 2.45) is 0 Å². The van der Waals surface area contributed by atoms with Crippen molar-refractivity contribution >= 4 is 0 Å². The molecule has 0 fully saturated rings. The first-order valence-corrected chi connectivity index (χ1v) is 5.52. The zero-order valence-electron chi connectivity index (χ0n) is 9.86. The monoisotopic (exact) mass is 214 g/mol. The highest BCUT2D eigenvalue weighted by Crippen LogP contribution is 1.98. The summed E-state index contributed by atoms with van der Waals surface area (Å²) < 4.78 is 5.31. The molecule has 4 heteroatoms. The molecule has 0 saturated carbocycles. The van der Waals surface area contributed by atoms with Crippen molar-refractivity contribution in [3.05, 3.63) is 18.2 Å². The Kier molecular flexibility index (Phi) is 9.11. The smallest absolute Gasteiger partial charge is 0.0921 e. The number of hydrogen-bond acceptors (Lipinski definition) is 3. The predicted octanol–water partition coefficient (Wildman–Crippen LogP) is 1.77. The Morgan fingerprint density at radius 1 is 1.53 bits per heavy atom. The Morgan fingerprint density at radius 3 is 2.80 bits per heavy atom. The summed E-state index contributed by atoms with van der Waals surface area (Å²) in [4.78, 5) is 6.94. The van der Waals surface area contributed by atoms with Gasteiger partial charge in [-0.3, -0.25) is 0 Å². The highest BCUT2D eigenvalue weighted by Gasteiger charge is 1.99. The van der Waals surface area contributed by atoms with Gasteiger partial charge in [0.2, 0.25) is 0 Å². The van der Waals surface area contributed by atoms with Crippen molar-refractivity contribution in [2.75, 3.05) is 13.2 Å². The van der Waals surface area contributed by atoms with Gasteiger partial charge in [-0.15, -0.1) is 0 Å². The molecule has 0 aliphatic heterocycles. The molecule has 0 aliphatic carbocycles. The van der Waals surface area contributed by atoms with E-state index in [9.17, 15) is 0 Å². The van der Waals surface area contributed by atoms with Crippen LogP contribution >= 0.6 is 0 Å². The van der Waals surface area contributed by atoms with Crippen molar-refractivity contribution in [2.45, 2.75) is 39.7 Å². The van der Waals surface area contributed by atoms with Gasteiger partial charge in [0, 0.05) is 18.5 Å². The molecule has 1 aromatic heterocycles. The molecule has 0 radical (unpaired) electrons. The van der Waals surface area contributed by atoms with Gasteiger partial charge in [-0.25, -0.2) is 4.98 Å². The molecule has 0 aliphatic rings. The summed E-state index contributed by atoms with van der Waals surface area (Å²) in [5.74, 6) is 0. The third-order valence-electron chi connectivity index (χ3n) is 1.80. The van der Waals surface area contributed by atoms with E-state index >= 15 is 0 Å². The number of imidazole rings is 1. The highest BCUT2D eigenvalue weighted by atomic mass is 16.5. The van der Waals surface area contributed by atoms with Crippen molar-refractivity contribution in [3.63, 3.8) is 0 Å². The molecule has 15 heavy (non-hydrogen) atoms. The van der Waals surface area contributed by atoms with Crippen LogP contribution in [0, 0.1) is 0 Å². The number of nitrogens with zero attached hydrogens (tertiary/aromatic N) is 1. The molecule has 1 unspecified atom stereocenters. The van der Waals surface area contributed by atoms with E-state index in [1.54, 1.807) is 6.33 Å². The number of aryl methyl sites for hydroxylation is 1. The second-order valence-electron chi connectivity index (χ2n) is 3.04. The number of H-pyrrole nitrogens is 1. The molecule has 1 aromatic rings. The zero-order chi connectivity index (χ0) is 11.5. The Hall–Kier alpha value is -0.870. The molecule has 4 nitrogen and oxygen atoms in total. The summed E-state index contributed by atoms with van der Waals surface area (Å²) in [6.45, 7) is 6.63. The first-order valence-electron chi connectivity index (χ1n) is 5.52. The number of ether oxygens (including phenoxy) is 1.